The second kappa shape index (κ2) is 10.2. The standard InChI is InChI=1S/C25H30N2O2S/c1-29-21-10-8-20(9-11-21)5-4-13-26-15-17-27(18-16-26)14-12-24(28)23-19-30-25-7-3-2-6-22(23)25/h2-11,19,24,28H,12-18H2,1H3. The normalized spacial score (nSPS) is 17.0. The highest BCUT2D eigenvalue weighted by atomic mass is 32.1. The maximum atomic E-state index is 10.7. The van der Waals surface area contributed by atoms with Crippen molar-refractivity contribution in [3.63, 3.8) is 0 Å². The van der Waals surface area contributed by atoms with Gasteiger partial charge in [0.05, 0.1) is 13.2 Å². The minimum atomic E-state index is -0.383. The number of aliphatic hydroxyl groups excluding tert-OH is 1. The molecule has 0 aliphatic carbocycles. The van der Waals surface area contributed by atoms with Gasteiger partial charge in [-0.25, -0.2) is 0 Å². The van der Waals surface area contributed by atoms with Gasteiger partial charge in [0, 0.05) is 44.0 Å². The number of hydrogen-bond donors (Lipinski definition) is 1. The molecule has 1 N–H and O–H groups in total. The maximum absolute atomic E-state index is 10.7. The lowest BCUT2D eigenvalue weighted by molar-refractivity contribution is 0.108. The summed E-state index contributed by atoms with van der Waals surface area (Å²) in [5.41, 5.74) is 2.28. The number of piperazine rings is 1. The molecule has 1 aliphatic heterocycles. The van der Waals surface area contributed by atoms with Crippen molar-refractivity contribution in [2.24, 2.45) is 0 Å². The molecule has 0 bridgehead atoms. The molecule has 30 heavy (non-hydrogen) atoms. The highest BCUT2D eigenvalue weighted by molar-refractivity contribution is 7.17. The third kappa shape index (κ3) is 5.29. The zero-order valence-electron chi connectivity index (χ0n) is 17.5. The van der Waals surface area contributed by atoms with Crippen LogP contribution in [0.25, 0.3) is 16.2 Å². The van der Waals surface area contributed by atoms with E-state index in [9.17, 15) is 5.11 Å². The van der Waals surface area contributed by atoms with E-state index in [1.54, 1.807) is 18.4 Å². The third-order valence-corrected chi connectivity index (χ3v) is 6.83. The molecule has 4 nitrogen and oxygen atoms in total. The molecule has 1 fully saturated rings. The average molecular weight is 423 g/mol. The molecule has 1 aliphatic rings. The van der Waals surface area contributed by atoms with Crippen LogP contribution in [0.2, 0.25) is 0 Å². The van der Waals surface area contributed by atoms with Gasteiger partial charge in [-0.15, -0.1) is 11.3 Å². The first kappa shape index (κ1) is 21.1. The Labute approximate surface area is 183 Å². The number of ether oxygens (including phenoxy) is 1. The van der Waals surface area contributed by atoms with Gasteiger partial charge in [-0.05, 0) is 46.5 Å². The largest absolute Gasteiger partial charge is 0.497 e. The highest BCUT2D eigenvalue weighted by Gasteiger charge is 2.18. The van der Waals surface area contributed by atoms with Crippen LogP contribution in [0.3, 0.4) is 0 Å². The Morgan fingerprint density at radius 1 is 1.03 bits per heavy atom. The van der Waals surface area contributed by atoms with Crippen LogP contribution in [0, 0.1) is 0 Å². The summed E-state index contributed by atoms with van der Waals surface area (Å²) in [6.45, 7) is 6.19. The quantitative estimate of drug-likeness (QED) is 0.573. The minimum absolute atomic E-state index is 0.383. The molecule has 1 aromatic heterocycles. The summed E-state index contributed by atoms with van der Waals surface area (Å²) in [7, 11) is 1.69. The smallest absolute Gasteiger partial charge is 0.118 e. The lowest BCUT2D eigenvalue weighted by atomic mass is 10.1. The molecule has 0 radical (unpaired) electrons. The van der Waals surface area contributed by atoms with E-state index in [0.29, 0.717) is 0 Å². The van der Waals surface area contributed by atoms with Crippen LogP contribution < -0.4 is 4.74 Å². The fourth-order valence-corrected chi connectivity index (χ4v) is 4.97. The monoisotopic (exact) mass is 422 g/mol. The molecular formula is C25H30N2O2S. The predicted octanol–water partition coefficient (Wildman–Crippen LogP) is 4.66. The van der Waals surface area contributed by atoms with Gasteiger partial charge < -0.3 is 14.7 Å². The number of fused-ring (bicyclic) bond motifs is 1. The Hall–Kier alpha value is -2.18. The van der Waals surface area contributed by atoms with Crippen LogP contribution in [0.4, 0.5) is 0 Å². The SMILES string of the molecule is COc1ccc(C=CCN2CCN(CCC(O)c3csc4ccccc34)CC2)cc1. The van der Waals surface area contributed by atoms with Gasteiger partial charge in [0.1, 0.15) is 5.75 Å². The van der Waals surface area contributed by atoms with Crippen molar-refractivity contribution in [1.29, 1.82) is 0 Å². The van der Waals surface area contributed by atoms with E-state index in [1.807, 2.05) is 18.2 Å². The molecule has 1 unspecified atom stereocenters. The second-order valence-corrected chi connectivity index (χ2v) is 8.72. The topological polar surface area (TPSA) is 35.9 Å². The summed E-state index contributed by atoms with van der Waals surface area (Å²) in [6, 6.07) is 16.5. The van der Waals surface area contributed by atoms with Gasteiger partial charge in [0.2, 0.25) is 0 Å². The van der Waals surface area contributed by atoms with E-state index >= 15 is 0 Å². The van der Waals surface area contributed by atoms with Crippen LogP contribution in [-0.4, -0.2) is 61.3 Å². The first-order valence-corrected chi connectivity index (χ1v) is 11.5. The first-order chi connectivity index (χ1) is 14.7. The number of rotatable bonds is 8. The summed E-state index contributed by atoms with van der Waals surface area (Å²) < 4.78 is 6.45. The lowest BCUT2D eigenvalue weighted by Gasteiger charge is -2.34. The van der Waals surface area contributed by atoms with Crippen LogP contribution in [-0.2, 0) is 0 Å². The van der Waals surface area contributed by atoms with Gasteiger partial charge in [0.25, 0.3) is 0 Å². The third-order valence-electron chi connectivity index (χ3n) is 5.84. The number of benzene rings is 2. The van der Waals surface area contributed by atoms with E-state index in [2.05, 4.69) is 57.7 Å². The maximum Gasteiger partial charge on any atom is 0.118 e. The van der Waals surface area contributed by atoms with Gasteiger partial charge in [-0.2, -0.15) is 0 Å². The van der Waals surface area contributed by atoms with Crippen molar-refractivity contribution in [2.45, 2.75) is 12.5 Å². The molecule has 0 spiro atoms. The Bertz CT molecular complexity index is 959. The van der Waals surface area contributed by atoms with Crippen molar-refractivity contribution >= 4 is 27.5 Å². The average Bonchev–Trinajstić information content (AvgIpc) is 3.23. The summed E-state index contributed by atoms with van der Waals surface area (Å²) >= 11 is 1.72. The number of hydrogen-bond acceptors (Lipinski definition) is 5. The van der Waals surface area contributed by atoms with Crippen LogP contribution in [0.5, 0.6) is 5.75 Å². The number of nitrogens with zero attached hydrogens (tertiary/aromatic N) is 2. The second-order valence-electron chi connectivity index (χ2n) is 7.81. The minimum Gasteiger partial charge on any atom is -0.497 e. The summed E-state index contributed by atoms with van der Waals surface area (Å²) in [4.78, 5) is 4.96. The van der Waals surface area contributed by atoms with Crippen molar-refractivity contribution in [2.75, 3.05) is 46.4 Å². The summed E-state index contributed by atoms with van der Waals surface area (Å²) in [5, 5.41) is 14.0. The lowest BCUT2D eigenvalue weighted by Crippen LogP contribution is -2.46. The number of methoxy groups -OCH3 is 1. The Morgan fingerprint density at radius 2 is 1.77 bits per heavy atom. The predicted molar refractivity (Wildman–Crippen MR) is 126 cm³/mol. The molecule has 3 aromatic rings. The number of aliphatic hydroxyl groups is 1. The molecule has 1 saturated heterocycles. The van der Waals surface area contributed by atoms with Crippen LogP contribution in [0.1, 0.15) is 23.7 Å². The molecule has 4 rings (SSSR count). The van der Waals surface area contributed by atoms with E-state index in [4.69, 9.17) is 4.74 Å². The molecule has 2 aromatic carbocycles. The van der Waals surface area contributed by atoms with Gasteiger partial charge >= 0.3 is 0 Å². The Balaban J connectivity index is 1.19. The van der Waals surface area contributed by atoms with Crippen molar-refractivity contribution in [3.8, 4) is 5.75 Å². The van der Waals surface area contributed by atoms with Crippen molar-refractivity contribution in [1.82, 2.24) is 9.80 Å². The highest BCUT2D eigenvalue weighted by Crippen LogP contribution is 2.31. The Kier molecular flexibility index (Phi) is 7.18. The van der Waals surface area contributed by atoms with Crippen LogP contribution >= 0.6 is 11.3 Å². The van der Waals surface area contributed by atoms with E-state index in [1.165, 1.54) is 15.6 Å². The number of thiophene rings is 1. The van der Waals surface area contributed by atoms with E-state index < -0.39 is 0 Å². The zero-order chi connectivity index (χ0) is 20.8. The molecular weight excluding hydrogens is 392 g/mol. The molecule has 158 valence electrons. The van der Waals surface area contributed by atoms with Gasteiger partial charge in [-0.3, -0.25) is 4.90 Å². The Morgan fingerprint density at radius 3 is 2.53 bits per heavy atom. The van der Waals surface area contributed by atoms with E-state index in [-0.39, 0.29) is 6.10 Å². The molecule has 0 saturated carbocycles. The fraction of sp³-hybridized carbons (Fsp3) is 0.360. The van der Waals surface area contributed by atoms with Gasteiger partial charge in [-0.1, -0.05) is 42.5 Å². The van der Waals surface area contributed by atoms with E-state index in [0.717, 1.165) is 57.0 Å². The molecule has 5 heteroatoms. The molecule has 1 atom stereocenters. The van der Waals surface area contributed by atoms with Crippen LogP contribution in [0.15, 0.2) is 60.0 Å². The summed E-state index contributed by atoms with van der Waals surface area (Å²) in [6.07, 6.45) is 4.82. The van der Waals surface area contributed by atoms with Crippen molar-refractivity contribution in [3.05, 3.63) is 71.1 Å². The zero-order valence-corrected chi connectivity index (χ0v) is 18.4. The van der Waals surface area contributed by atoms with Crippen molar-refractivity contribution < 1.29 is 9.84 Å². The molecule has 0 amide bonds. The first-order valence-electron chi connectivity index (χ1n) is 10.6. The summed E-state index contributed by atoms with van der Waals surface area (Å²) in [5.74, 6) is 0.889. The van der Waals surface area contributed by atoms with Gasteiger partial charge in [0.15, 0.2) is 0 Å². The fourth-order valence-electron chi connectivity index (χ4n) is 3.97. The molecule has 2 heterocycles.